The highest BCUT2D eigenvalue weighted by molar-refractivity contribution is 6.32. The number of benzene rings is 1. The average Bonchev–Trinajstić information content (AvgIpc) is 3.12. The fourth-order valence-electron chi connectivity index (χ4n) is 3.15. The zero-order valence-corrected chi connectivity index (χ0v) is 12.3. The van der Waals surface area contributed by atoms with Crippen molar-refractivity contribution in [2.24, 2.45) is 5.92 Å². The van der Waals surface area contributed by atoms with Crippen molar-refractivity contribution in [1.29, 1.82) is 0 Å². The van der Waals surface area contributed by atoms with Crippen molar-refractivity contribution in [3.63, 3.8) is 0 Å². The van der Waals surface area contributed by atoms with Crippen molar-refractivity contribution in [1.82, 2.24) is 4.90 Å². The number of aliphatic hydroxyl groups is 1. The fraction of sp³-hybridized carbons (Fsp3) is 0.562. The van der Waals surface area contributed by atoms with E-state index in [4.69, 9.17) is 7.85 Å². The van der Waals surface area contributed by atoms with Gasteiger partial charge in [-0.15, -0.1) is 0 Å². The van der Waals surface area contributed by atoms with Gasteiger partial charge in [-0.1, -0.05) is 17.6 Å². The third-order valence-corrected chi connectivity index (χ3v) is 4.51. The van der Waals surface area contributed by atoms with E-state index in [0.717, 1.165) is 5.56 Å². The molecule has 2 radical (unpaired) electrons. The van der Waals surface area contributed by atoms with Crippen molar-refractivity contribution in [3.05, 3.63) is 28.8 Å². The third kappa shape index (κ3) is 2.16. The Morgan fingerprint density at radius 3 is 2.60 bits per heavy atom. The topological polar surface area (TPSA) is 40.5 Å². The summed E-state index contributed by atoms with van der Waals surface area (Å²) in [6.07, 6.45) is 2.42. The van der Waals surface area contributed by atoms with Gasteiger partial charge in [-0.2, -0.15) is 0 Å². The molecule has 1 N–H and O–H groups in total. The van der Waals surface area contributed by atoms with Crippen LogP contribution in [0.1, 0.15) is 55.1 Å². The quantitative estimate of drug-likeness (QED) is 0.844. The summed E-state index contributed by atoms with van der Waals surface area (Å²) in [5.41, 5.74) is 1.78. The maximum atomic E-state index is 12.7. The van der Waals surface area contributed by atoms with Crippen molar-refractivity contribution in [2.45, 2.75) is 51.8 Å². The minimum absolute atomic E-state index is 0.0384. The van der Waals surface area contributed by atoms with E-state index in [2.05, 4.69) is 6.92 Å². The van der Waals surface area contributed by atoms with E-state index in [0.29, 0.717) is 29.1 Å². The molecular formula is C16H20BNO2. The SMILES string of the molecule is [B]c1cc2c(c(C(C)(C)O)c1)C(=O)N([C@@H](C)C1CC1)C2. The molecule has 0 aromatic heterocycles. The maximum Gasteiger partial charge on any atom is 0.255 e. The van der Waals surface area contributed by atoms with Gasteiger partial charge in [-0.3, -0.25) is 4.79 Å². The van der Waals surface area contributed by atoms with Gasteiger partial charge in [-0.05, 0) is 50.7 Å². The number of amides is 1. The molecule has 1 aromatic rings. The molecule has 1 aromatic carbocycles. The molecule has 0 unspecified atom stereocenters. The Labute approximate surface area is 121 Å². The summed E-state index contributed by atoms with van der Waals surface area (Å²) in [4.78, 5) is 14.7. The molecule has 1 saturated carbocycles. The number of carbonyl (C=O) groups excluding carboxylic acids is 1. The van der Waals surface area contributed by atoms with Gasteiger partial charge in [0.15, 0.2) is 0 Å². The lowest BCUT2D eigenvalue weighted by atomic mass is 9.84. The van der Waals surface area contributed by atoms with Crippen LogP contribution >= 0.6 is 0 Å². The van der Waals surface area contributed by atoms with Crippen LogP contribution in [0.15, 0.2) is 12.1 Å². The first kappa shape index (κ1) is 13.7. The highest BCUT2D eigenvalue weighted by Crippen LogP contribution is 2.39. The van der Waals surface area contributed by atoms with Crippen LogP contribution in [0, 0.1) is 5.92 Å². The molecule has 1 amide bonds. The van der Waals surface area contributed by atoms with Crippen LogP contribution in [0.2, 0.25) is 0 Å². The Morgan fingerprint density at radius 1 is 1.40 bits per heavy atom. The van der Waals surface area contributed by atoms with Crippen LogP contribution in [-0.2, 0) is 12.1 Å². The van der Waals surface area contributed by atoms with Gasteiger partial charge in [0.05, 0.1) is 11.2 Å². The van der Waals surface area contributed by atoms with Crippen LogP contribution in [0.3, 0.4) is 0 Å². The monoisotopic (exact) mass is 269 g/mol. The molecule has 1 fully saturated rings. The molecule has 1 atom stereocenters. The van der Waals surface area contributed by atoms with Crippen molar-refractivity contribution in [2.75, 3.05) is 0 Å². The molecule has 20 heavy (non-hydrogen) atoms. The molecule has 4 heteroatoms. The summed E-state index contributed by atoms with van der Waals surface area (Å²) in [5.74, 6) is 0.674. The molecule has 0 bridgehead atoms. The first-order valence-corrected chi connectivity index (χ1v) is 7.25. The Kier molecular flexibility index (Phi) is 2.98. The highest BCUT2D eigenvalue weighted by Gasteiger charge is 2.40. The first-order chi connectivity index (χ1) is 9.29. The lowest BCUT2D eigenvalue weighted by Crippen LogP contribution is -2.35. The summed E-state index contributed by atoms with van der Waals surface area (Å²) in [6, 6.07) is 3.86. The molecule has 104 valence electrons. The standard InChI is InChI=1S/C16H20BNO2/c1-9(10-4-5-10)18-8-11-6-12(17)7-13(16(2,3)20)14(11)15(18)19/h6-7,9-10,20H,4-5,8H2,1-3H3/t9-/m0/s1. The smallest absolute Gasteiger partial charge is 0.255 e. The Bertz CT molecular complexity index is 573. The molecular weight excluding hydrogens is 249 g/mol. The van der Waals surface area contributed by atoms with E-state index in [1.807, 2.05) is 11.0 Å². The second kappa shape index (κ2) is 4.35. The zero-order chi connectivity index (χ0) is 14.7. The second-order valence-electron chi connectivity index (χ2n) is 6.67. The summed E-state index contributed by atoms with van der Waals surface area (Å²) >= 11 is 0. The summed E-state index contributed by atoms with van der Waals surface area (Å²) < 4.78 is 0. The van der Waals surface area contributed by atoms with E-state index in [-0.39, 0.29) is 11.9 Å². The van der Waals surface area contributed by atoms with Gasteiger partial charge in [0.2, 0.25) is 0 Å². The third-order valence-electron chi connectivity index (χ3n) is 4.51. The predicted molar refractivity (Wildman–Crippen MR) is 79.1 cm³/mol. The van der Waals surface area contributed by atoms with Crippen LogP contribution in [0.5, 0.6) is 0 Å². The highest BCUT2D eigenvalue weighted by atomic mass is 16.3. The molecule has 0 saturated heterocycles. The molecule has 1 aliphatic heterocycles. The van der Waals surface area contributed by atoms with Crippen LogP contribution in [0.25, 0.3) is 0 Å². The second-order valence-corrected chi connectivity index (χ2v) is 6.67. The summed E-state index contributed by atoms with van der Waals surface area (Å²) in [6.45, 7) is 6.12. The van der Waals surface area contributed by atoms with Gasteiger partial charge < -0.3 is 10.0 Å². The summed E-state index contributed by atoms with van der Waals surface area (Å²) in [7, 11) is 5.93. The minimum Gasteiger partial charge on any atom is -0.386 e. The van der Waals surface area contributed by atoms with Gasteiger partial charge in [0, 0.05) is 12.6 Å². The van der Waals surface area contributed by atoms with Gasteiger partial charge >= 0.3 is 0 Å². The summed E-state index contributed by atoms with van der Waals surface area (Å²) in [5, 5.41) is 10.3. The number of rotatable bonds is 3. The van der Waals surface area contributed by atoms with Crippen molar-refractivity contribution in [3.8, 4) is 0 Å². The van der Waals surface area contributed by atoms with Crippen LogP contribution in [0.4, 0.5) is 0 Å². The first-order valence-electron chi connectivity index (χ1n) is 7.25. The predicted octanol–water partition coefficient (Wildman–Crippen LogP) is 1.46. The molecule has 0 spiro atoms. The normalized spacial score (nSPS) is 20.2. The average molecular weight is 269 g/mol. The Balaban J connectivity index is 2.04. The van der Waals surface area contributed by atoms with Crippen LogP contribution in [-0.4, -0.2) is 29.8 Å². The van der Waals surface area contributed by atoms with Crippen molar-refractivity contribution >= 4 is 19.2 Å². The Morgan fingerprint density at radius 2 is 2.05 bits per heavy atom. The van der Waals surface area contributed by atoms with E-state index in [1.165, 1.54) is 12.8 Å². The molecule has 3 nitrogen and oxygen atoms in total. The van der Waals surface area contributed by atoms with Gasteiger partial charge in [0.25, 0.3) is 5.91 Å². The van der Waals surface area contributed by atoms with Crippen molar-refractivity contribution < 1.29 is 9.90 Å². The maximum absolute atomic E-state index is 12.7. The number of nitrogens with zero attached hydrogens (tertiary/aromatic N) is 1. The zero-order valence-electron chi connectivity index (χ0n) is 12.3. The molecule has 1 aliphatic carbocycles. The number of hydrogen-bond acceptors (Lipinski definition) is 2. The van der Waals surface area contributed by atoms with E-state index < -0.39 is 5.60 Å². The lowest BCUT2D eigenvalue weighted by Gasteiger charge is -2.25. The van der Waals surface area contributed by atoms with E-state index in [1.54, 1.807) is 19.9 Å². The molecule has 3 rings (SSSR count). The largest absolute Gasteiger partial charge is 0.386 e. The molecule has 1 heterocycles. The minimum atomic E-state index is -1.06. The Hall–Kier alpha value is -1.29. The number of carbonyl (C=O) groups is 1. The lowest BCUT2D eigenvalue weighted by molar-refractivity contribution is 0.0648. The van der Waals surface area contributed by atoms with Gasteiger partial charge in [0.1, 0.15) is 7.85 Å². The van der Waals surface area contributed by atoms with E-state index >= 15 is 0 Å². The number of fused-ring (bicyclic) bond motifs is 1. The van der Waals surface area contributed by atoms with E-state index in [9.17, 15) is 9.90 Å². The van der Waals surface area contributed by atoms with Crippen LogP contribution < -0.4 is 5.46 Å². The fourth-order valence-corrected chi connectivity index (χ4v) is 3.15. The molecule has 2 aliphatic rings. The van der Waals surface area contributed by atoms with Gasteiger partial charge in [-0.25, -0.2) is 0 Å². The number of hydrogen-bond donors (Lipinski definition) is 1.